The number of hydrogen-bond acceptors (Lipinski definition) is 6. The fourth-order valence-corrected chi connectivity index (χ4v) is 3.73. The molecule has 2 fully saturated rings. The van der Waals surface area contributed by atoms with Crippen LogP contribution in [0.3, 0.4) is 0 Å². The van der Waals surface area contributed by atoms with E-state index in [0.29, 0.717) is 50.9 Å². The lowest BCUT2D eigenvalue weighted by Crippen LogP contribution is -2.41. The molecule has 0 aliphatic carbocycles. The Hall–Kier alpha value is -1.27. The van der Waals surface area contributed by atoms with Crippen LogP contribution in [-0.4, -0.2) is 87.3 Å². The van der Waals surface area contributed by atoms with Crippen molar-refractivity contribution in [1.29, 1.82) is 0 Å². The molecule has 0 atom stereocenters. The summed E-state index contributed by atoms with van der Waals surface area (Å²) < 4.78 is 11.5. The molecule has 0 saturated carbocycles. The summed E-state index contributed by atoms with van der Waals surface area (Å²) in [6.45, 7) is 6.40. The van der Waals surface area contributed by atoms with Crippen LogP contribution in [0.5, 0.6) is 0 Å². The largest absolute Gasteiger partial charge is 0.379 e. The van der Waals surface area contributed by atoms with E-state index in [9.17, 15) is 9.59 Å². The molecule has 0 spiro atoms. The lowest BCUT2D eigenvalue weighted by molar-refractivity contribution is -0.119. The van der Waals surface area contributed by atoms with E-state index in [0.717, 1.165) is 29.7 Å². The Labute approximate surface area is 172 Å². The van der Waals surface area contributed by atoms with Crippen LogP contribution >= 0.6 is 22.6 Å². The SMILES string of the molecule is O=C(CN1CCOCC1)Nc1cc(I)cc(NC(=O)CN2CCOCC2)c1. The third kappa shape index (κ3) is 7.00. The third-order valence-corrected chi connectivity index (χ3v) is 5.03. The second kappa shape index (κ2) is 10.3. The number of hydrogen-bond donors (Lipinski definition) is 2. The van der Waals surface area contributed by atoms with Crippen molar-refractivity contribution in [3.8, 4) is 0 Å². The molecule has 2 N–H and O–H groups in total. The van der Waals surface area contributed by atoms with Crippen LogP contribution < -0.4 is 10.6 Å². The van der Waals surface area contributed by atoms with E-state index in [1.54, 1.807) is 6.07 Å². The summed E-state index contributed by atoms with van der Waals surface area (Å²) in [6.07, 6.45) is 0. The van der Waals surface area contributed by atoms with E-state index >= 15 is 0 Å². The van der Waals surface area contributed by atoms with E-state index in [4.69, 9.17) is 9.47 Å². The van der Waals surface area contributed by atoms with Crippen LogP contribution in [0, 0.1) is 3.57 Å². The zero-order valence-electron chi connectivity index (χ0n) is 15.2. The number of carbonyl (C=O) groups excluding carboxylic acids is 2. The van der Waals surface area contributed by atoms with Gasteiger partial charge in [0.2, 0.25) is 11.8 Å². The lowest BCUT2D eigenvalue weighted by Gasteiger charge is -2.26. The maximum Gasteiger partial charge on any atom is 0.238 e. The fraction of sp³-hybridized carbons (Fsp3) is 0.556. The monoisotopic (exact) mass is 488 g/mol. The van der Waals surface area contributed by atoms with Crippen molar-refractivity contribution in [3.05, 3.63) is 21.8 Å². The van der Waals surface area contributed by atoms with Gasteiger partial charge in [0.05, 0.1) is 39.5 Å². The molecular weight excluding hydrogens is 463 g/mol. The standard InChI is InChI=1S/C18H25IN4O4/c19-14-9-15(20-17(24)12-22-1-5-26-6-2-22)11-16(10-14)21-18(25)13-23-3-7-27-8-4-23/h9-11H,1-8,12-13H2,(H,20,24)(H,21,25). The number of halogens is 1. The van der Waals surface area contributed by atoms with Gasteiger partial charge in [0, 0.05) is 41.1 Å². The molecule has 2 amide bonds. The predicted molar refractivity (Wildman–Crippen MR) is 111 cm³/mol. The molecular formula is C18H25IN4O4. The minimum atomic E-state index is -0.0653. The highest BCUT2D eigenvalue weighted by Crippen LogP contribution is 2.20. The van der Waals surface area contributed by atoms with Crippen LogP contribution in [0.2, 0.25) is 0 Å². The first-order chi connectivity index (χ1) is 13.1. The van der Waals surface area contributed by atoms with Gasteiger partial charge in [0.25, 0.3) is 0 Å². The Morgan fingerprint density at radius 1 is 0.815 bits per heavy atom. The van der Waals surface area contributed by atoms with Crippen LogP contribution in [-0.2, 0) is 19.1 Å². The van der Waals surface area contributed by atoms with Crippen LogP contribution in [0.25, 0.3) is 0 Å². The number of nitrogens with one attached hydrogen (secondary N) is 2. The van der Waals surface area contributed by atoms with Crippen molar-refractivity contribution in [2.75, 3.05) is 76.3 Å². The fourth-order valence-electron chi connectivity index (χ4n) is 3.06. The Morgan fingerprint density at radius 2 is 1.22 bits per heavy atom. The van der Waals surface area contributed by atoms with Crippen molar-refractivity contribution in [2.24, 2.45) is 0 Å². The van der Waals surface area contributed by atoms with Crippen molar-refractivity contribution in [1.82, 2.24) is 9.80 Å². The number of ether oxygens (including phenoxy) is 2. The first kappa shape index (κ1) is 20.5. The van der Waals surface area contributed by atoms with Gasteiger partial charge in [-0.15, -0.1) is 0 Å². The minimum Gasteiger partial charge on any atom is -0.379 e. The van der Waals surface area contributed by atoms with E-state index in [1.807, 2.05) is 12.1 Å². The van der Waals surface area contributed by atoms with Gasteiger partial charge in [0.15, 0.2) is 0 Å². The van der Waals surface area contributed by atoms with Gasteiger partial charge in [-0.1, -0.05) is 0 Å². The Balaban J connectivity index is 1.53. The average Bonchev–Trinajstić information content (AvgIpc) is 2.62. The molecule has 0 unspecified atom stereocenters. The molecule has 2 aliphatic rings. The molecule has 3 rings (SSSR count). The van der Waals surface area contributed by atoms with Crippen molar-refractivity contribution < 1.29 is 19.1 Å². The highest BCUT2D eigenvalue weighted by molar-refractivity contribution is 14.1. The van der Waals surface area contributed by atoms with Crippen LogP contribution in [0.1, 0.15) is 0 Å². The molecule has 1 aromatic rings. The summed E-state index contributed by atoms with van der Waals surface area (Å²) in [5.41, 5.74) is 1.36. The van der Waals surface area contributed by atoms with Crippen LogP contribution in [0.15, 0.2) is 18.2 Å². The number of carbonyl (C=O) groups is 2. The molecule has 27 heavy (non-hydrogen) atoms. The van der Waals surface area contributed by atoms with Gasteiger partial charge >= 0.3 is 0 Å². The van der Waals surface area contributed by atoms with Crippen molar-refractivity contribution in [3.63, 3.8) is 0 Å². The summed E-state index contributed by atoms with van der Waals surface area (Å²) >= 11 is 2.18. The Bertz CT molecular complexity index is 609. The van der Waals surface area contributed by atoms with Crippen molar-refractivity contribution in [2.45, 2.75) is 0 Å². The number of anilines is 2. The summed E-state index contributed by atoms with van der Waals surface area (Å²) in [6, 6.07) is 5.56. The normalized spacial score (nSPS) is 18.9. The van der Waals surface area contributed by atoms with Gasteiger partial charge in [-0.25, -0.2) is 0 Å². The van der Waals surface area contributed by atoms with Crippen molar-refractivity contribution >= 4 is 45.8 Å². The molecule has 8 nitrogen and oxygen atoms in total. The molecule has 2 aliphatic heterocycles. The molecule has 0 bridgehead atoms. The van der Waals surface area contributed by atoms with E-state index in [-0.39, 0.29) is 11.8 Å². The predicted octanol–water partition coefficient (Wildman–Crippen LogP) is 0.833. The highest BCUT2D eigenvalue weighted by Gasteiger charge is 2.16. The molecule has 2 saturated heterocycles. The smallest absolute Gasteiger partial charge is 0.238 e. The number of morpholine rings is 2. The molecule has 0 radical (unpaired) electrons. The first-order valence-electron chi connectivity index (χ1n) is 9.09. The summed E-state index contributed by atoms with van der Waals surface area (Å²) in [4.78, 5) is 28.7. The molecule has 2 heterocycles. The van der Waals surface area contributed by atoms with Crippen LogP contribution in [0.4, 0.5) is 11.4 Å². The highest BCUT2D eigenvalue weighted by atomic mass is 127. The number of benzene rings is 1. The number of rotatable bonds is 6. The number of nitrogens with zero attached hydrogens (tertiary/aromatic N) is 2. The quantitative estimate of drug-likeness (QED) is 0.578. The minimum absolute atomic E-state index is 0.0653. The first-order valence-corrected chi connectivity index (χ1v) is 10.2. The van der Waals surface area contributed by atoms with Gasteiger partial charge < -0.3 is 20.1 Å². The maximum atomic E-state index is 12.3. The zero-order chi connectivity index (χ0) is 19.1. The number of amides is 2. The summed E-state index contributed by atoms with van der Waals surface area (Å²) in [7, 11) is 0. The average molecular weight is 488 g/mol. The molecule has 1 aromatic carbocycles. The Morgan fingerprint density at radius 3 is 1.63 bits per heavy atom. The van der Waals surface area contributed by atoms with E-state index < -0.39 is 0 Å². The molecule has 148 valence electrons. The summed E-state index contributed by atoms with van der Waals surface area (Å²) in [5, 5.41) is 5.84. The van der Waals surface area contributed by atoms with Gasteiger partial charge in [0.1, 0.15) is 0 Å². The van der Waals surface area contributed by atoms with E-state index in [1.165, 1.54) is 0 Å². The van der Waals surface area contributed by atoms with Gasteiger partial charge in [-0.05, 0) is 40.8 Å². The lowest BCUT2D eigenvalue weighted by atomic mass is 10.2. The topological polar surface area (TPSA) is 83.1 Å². The summed E-state index contributed by atoms with van der Waals surface area (Å²) in [5.74, 6) is -0.131. The second-order valence-corrected chi connectivity index (χ2v) is 7.85. The maximum absolute atomic E-state index is 12.3. The van der Waals surface area contributed by atoms with Gasteiger partial charge in [-0.2, -0.15) is 0 Å². The Kier molecular flexibility index (Phi) is 7.82. The molecule has 9 heteroatoms. The second-order valence-electron chi connectivity index (χ2n) is 6.60. The van der Waals surface area contributed by atoms with E-state index in [2.05, 4.69) is 43.0 Å². The third-order valence-electron chi connectivity index (χ3n) is 4.41. The molecule has 0 aromatic heterocycles. The zero-order valence-corrected chi connectivity index (χ0v) is 17.4. The van der Waals surface area contributed by atoms with Gasteiger partial charge in [-0.3, -0.25) is 19.4 Å².